The molecule has 0 heterocycles. The molecule has 0 aliphatic heterocycles. The fourth-order valence-corrected chi connectivity index (χ4v) is 6.98. The maximum Gasteiger partial charge on any atom is 0.426 e. The van der Waals surface area contributed by atoms with Gasteiger partial charge in [0.15, 0.2) is 0 Å². The molecule has 1 atom stereocenters. The number of benzene rings is 3. The van der Waals surface area contributed by atoms with Crippen LogP contribution in [-0.2, 0) is 5.16 Å². The lowest BCUT2D eigenvalue weighted by Crippen LogP contribution is -2.59. The Bertz CT molecular complexity index is 913. The lowest BCUT2D eigenvalue weighted by Gasteiger charge is -2.45. The fourth-order valence-electron chi connectivity index (χ4n) is 3.98. The highest BCUT2D eigenvalue weighted by atomic mass is 31.1. The summed E-state index contributed by atoms with van der Waals surface area (Å²) in [5.74, 6) is 0. The van der Waals surface area contributed by atoms with E-state index in [-0.39, 0.29) is 0 Å². The highest BCUT2D eigenvalue weighted by molar-refractivity contribution is 7.59. The van der Waals surface area contributed by atoms with Crippen LogP contribution in [-0.4, -0.2) is 40.7 Å². The minimum Gasteiger partial charge on any atom is -0.392 e. The quantitative estimate of drug-likeness (QED) is 0.235. The van der Waals surface area contributed by atoms with Crippen molar-refractivity contribution in [2.45, 2.75) is 23.1 Å². The first-order valence-corrected chi connectivity index (χ1v) is 11.6. The number of aliphatic hydroxyl groups is 2. The Kier molecular flexibility index (Phi) is 7.22. The van der Waals surface area contributed by atoms with Gasteiger partial charge in [0.1, 0.15) is 0 Å². The highest BCUT2D eigenvalue weighted by Gasteiger charge is 2.71. The minimum absolute atomic E-state index is 0.411. The molecule has 0 saturated carbocycles. The summed E-state index contributed by atoms with van der Waals surface area (Å²) in [6, 6.07) is 24.4. The van der Waals surface area contributed by atoms with Gasteiger partial charge in [0.25, 0.3) is 5.60 Å². The molecule has 0 amide bonds. The normalized spacial score (nSPS) is 14.2. The summed E-state index contributed by atoms with van der Waals surface area (Å²) < 4.78 is 81.9. The summed E-state index contributed by atoms with van der Waals surface area (Å²) in [5, 5.41) is 18.8. The van der Waals surface area contributed by atoms with E-state index in [4.69, 9.17) is 0 Å². The van der Waals surface area contributed by atoms with E-state index in [1.54, 1.807) is 91.0 Å². The molecule has 3 rings (SSSR count). The molecule has 2 N–H and O–H groups in total. The lowest BCUT2D eigenvalue weighted by atomic mass is 9.84. The van der Waals surface area contributed by atoms with Crippen LogP contribution < -0.4 is 0 Å². The van der Waals surface area contributed by atoms with E-state index in [1.807, 2.05) is 0 Å². The maximum atomic E-state index is 13.7. The summed E-state index contributed by atoms with van der Waals surface area (Å²) in [6.45, 7) is 0. The van der Waals surface area contributed by atoms with E-state index in [2.05, 4.69) is 0 Å². The van der Waals surface area contributed by atoms with Crippen molar-refractivity contribution in [2.24, 2.45) is 0 Å². The molecule has 0 radical (unpaired) electrons. The lowest BCUT2D eigenvalue weighted by molar-refractivity contribution is -0.358. The first-order valence-electron chi connectivity index (χ1n) is 9.87. The van der Waals surface area contributed by atoms with Gasteiger partial charge in [-0.05, 0) is 16.7 Å². The first-order chi connectivity index (χ1) is 15.5. The number of hydrogen-bond donors (Lipinski definition) is 2. The van der Waals surface area contributed by atoms with Gasteiger partial charge in [-0.2, -0.15) is 26.3 Å². The van der Waals surface area contributed by atoms with E-state index in [0.717, 1.165) is 0 Å². The van der Waals surface area contributed by atoms with Crippen LogP contribution in [0, 0.1) is 0 Å². The van der Waals surface area contributed by atoms with Crippen molar-refractivity contribution < 1.29 is 36.6 Å². The van der Waals surface area contributed by atoms with Gasteiger partial charge >= 0.3 is 12.4 Å². The summed E-state index contributed by atoms with van der Waals surface area (Å²) in [7, 11) is -2.59. The molecule has 0 saturated heterocycles. The molecule has 9 heteroatoms. The second kappa shape index (κ2) is 9.45. The molecule has 0 spiro atoms. The van der Waals surface area contributed by atoms with Crippen LogP contribution >= 0.6 is 7.92 Å². The summed E-state index contributed by atoms with van der Waals surface area (Å²) in [6.07, 6.45) is -14.7. The molecular weight excluding hydrogens is 465 g/mol. The van der Waals surface area contributed by atoms with Gasteiger partial charge < -0.3 is 10.2 Å². The second-order valence-corrected chi connectivity index (χ2v) is 9.85. The number of hydrogen-bond acceptors (Lipinski definition) is 2. The highest BCUT2D eigenvalue weighted by Crippen LogP contribution is 2.65. The zero-order valence-electron chi connectivity index (χ0n) is 17.2. The zero-order chi connectivity index (χ0) is 24.3. The van der Waals surface area contributed by atoms with Gasteiger partial charge in [0.05, 0.1) is 11.5 Å². The van der Waals surface area contributed by atoms with Crippen molar-refractivity contribution >= 4 is 7.92 Å². The van der Waals surface area contributed by atoms with Crippen molar-refractivity contribution in [2.75, 3.05) is 12.5 Å². The van der Waals surface area contributed by atoms with Gasteiger partial charge in [-0.3, -0.25) is 0 Å². The molecule has 0 aromatic heterocycles. The second-order valence-electron chi connectivity index (χ2n) is 7.50. The van der Waals surface area contributed by atoms with Crippen molar-refractivity contribution in [3.05, 3.63) is 108 Å². The minimum atomic E-state index is -5.99. The summed E-state index contributed by atoms with van der Waals surface area (Å²) in [4.78, 5) is 0. The Hall–Kier alpha value is -2.41. The summed E-state index contributed by atoms with van der Waals surface area (Å²) >= 11 is 0. The van der Waals surface area contributed by atoms with Gasteiger partial charge in [-0.1, -0.05) is 98.9 Å². The molecule has 0 aliphatic rings. The standard InChI is InChI=1S/C24H21F6O2P/c25-23(26,27)21(32,24(28,29)30)16-33(17-31)22(18-10-4-1-5-11-18,19-12-6-2-7-13-19)20-14-8-3-9-15-20/h1-15,31-32H,16-17H2. The Labute approximate surface area is 188 Å². The molecule has 0 bridgehead atoms. The van der Waals surface area contributed by atoms with Gasteiger partial charge in [-0.15, -0.1) is 0 Å². The third-order valence-electron chi connectivity index (χ3n) is 5.58. The number of alkyl halides is 6. The summed E-state index contributed by atoms with van der Waals surface area (Å²) in [5.41, 5.74) is -3.75. The fraction of sp³-hybridized carbons (Fsp3) is 0.250. The molecule has 176 valence electrons. The average Bonchev–Trinajstić information content (AvgIpc) is 2.79. The molecule has 33 heavy (non-hydrogen) atoms. The maximum absolute atomic E-state index is 13.7. The third-order valence-corrected chi connectivity index (χ3v) is 8.48. The Morgan fingerprint density at radius 2 is 0.879 bits per heavy atom. The van der Waals surface area contributed by atoms with Gasteiger partial charge in [-0.25, -0.2) is 0 Å². The first kappa shape index (κ1) is 25.2. The number of rotatable bonds is 7. The van der Waals surface area contributed by atoms with Crippen LogP contribution in [0.25, 0.3) is 0 Å². The van der Waals surface area contributed by atoms with Gasteiger partial charge in [0, 0.05) is 6.16 Å². The van der Waals surface area contributed by atoms with Crippen LogP contribution in [0.1, 0.15) is 16.7 Å². The van der Waals surface area contributed by atoms with E-state index in [0.29, 0.717) is 16.7 Å². The van der Waals surface area contributed by atoms with Crippen LogP contribution in [0.3, 0.4) is 0 Å². The molecule has 2 nitrogen and oxygen atoms in total. The van der Waals surface area contributed by atoms with E-state index < -0.39 is 43.5 Å². The molecule has 3 aromatic rings. The smallest absolute Gasteiger partial charge is 0.392 e. The SMILES string of the molecule is OCP(CC(O)(C(F)(F)F)C(F)(F)F)C(c1ccccc1)(c1ccccc1)c1ccccc1. The Balaban J connectivity index is 2.37. The van der Waals surface area contributed by atoms with Crippen LogP contribution in [0.4, 0.5) is 26.3 Å². The molecule has 1 unspecified atom stereocenters. The average molecular weight is 486 g/mol. The van der Waals surface area contributed by atoms with Crippen molar-refractivity contribution in [3.8, 4) is 0 Å². The molecule has 0 aliphatic carbocycles. The molecule has 3 aromatic carbocycles. The Morgan fingerprint density at radius 3 is 1.12 bits per heavy atom. The van der Waals surface area contributed by atoms with Crippen LogP contribution in [0.5, 0.6) is 0 Å². The predicted molar refractivity (Wildman–Crippen MR) is 115 cm³/mol. The molecule has 0 fully saturated rings. The monoisotopic (exact) mass is 486 g/mol. The number of halogens is 6. The van der Waals surface area contributed by atoms with E-state index in [9.17, 15) is 36.6 Å². The molecular formula is C24H21F6O2P. The largest absolute Gasteiger partial charge is 0.426 e. The Morgan fingerprint density at radius 1 is 0.576 bits per heavy atom. The number of aliphatic hydroxyl groups excluding tert-OH is 1. The van der Waals surface area contributed by atoms with Gasteiger partial charge in [0.2, 0.25) is 0 Å². The topological polar surface area (TPSA) is 40.5 Å². The van der Waals surface area contributed by atoms with E-state index in [1.165, 1.54) is 0 Å². The van der Waals surface area contributed by atoms with Crippen molar-refractivity contribution in [1.82, 2.24) is 0 Å². The van der Waals surface area contributed by atoms with Crippen LogP contribution in [0.15, 0.2) is 91.0 Å². The van der Waals surface area contributed by atoms with Crippen LogP contribution in [0.2, 0.25) is 0 Å². The van der Waals surface area contributed by atoms with Crippen molar-refractivity contribution in [1.29, 1.82) is 0 Å². The predicted octanol–water partition coefficient (Wildman–Crippen LogP) is 6.27. The zero-order valence-corrected chi connectivity index (χ0v) is 18.1. The third kappa shape index (κ3) is 4.52. The van der Waals surface area contributed by atoms with Crippen molar-refractivity contribution in [3.63, 3.8) is 0 Å². The van der Waals surface area contributed by atoms with E-state index >= 15 is 0 Å².